The van der Waals surface area contributed by atoms with E-state index < -0.39 is 5.60 Å². The van der Waals surface area contributed by atoms with Crippen LogP contribution in [0.2, 0.25) is 0 Å². The molecule has 1 aliphatic heterocycles. The number of fused-ring (bicyclic) bond motifs is 2. The Bertz CT molecular complexity index is 1290. The molecule has 1 N–H and O–H groups in total. The first kappa shape index (κ1) is 20.8. The van der Waals surface area contributed by atoms with E-state index in [1.807, 2.05) is 38.4 Å². The molecule has 0 radical (unpaired) electrons. The second kappa shape index (κ2) is 7.79. The van der Waals surface area contributed by atoms with Gasteiger partial charge in [-0.3, -0.25) is 9.88 Å². The zero-order valence-electron chi connectivity index (χ0n) is 18.6. The second-order valence-corrected chi connectivity index (χ2v) is 9.19. The van der Waals surface area contributed by atoms with Crippen LogP contribution in [0.1, 0.15) is 19.4 Å². The van der Waals surface area contributed by atoms with Crippen molar-refractivity contribution in [2.24, 2.45) is 0 Å². The summed E-state index contributed by atoms with van der Waals surface area (Å²) in [7, 11) is 0. The van der Waals surface area contributed by atoms with Crippen molar-refractivity contribution in [1.29, 1.82) is 0 Å². The average molecular weight is 435 g/mol. The third kappa shape index (κ3) is 3.91. The highest BCUT2D eigenvalue weighted by molar-refractivity contribution is 5.98. The summed E-state index contributed by atoms with van der Waals surface area (Å²) in [4.78, 5) is 13.6. The lowest BCUT2D eigenvalue weighted by Gasteiger charge is -2.38. The maximum Gasteiger partial charge on any atom is 0.162 e. The molecular formula is C24H27FN6O. The molecule has 1 aromatic carbocycles. The topological polar surface area (TPSA) is 69.8 Å². The number of benzene rings is 1. The molecule has 32 heavy (non-hydrogen) atoms. The van der Waals surface area contributed by atoms with Gasteiger partial charge in [0.15, 0.2) is 5.65 Å². The first-order chi connectivity index (χ1) is 15.3. The van der Waals surface area contributed by atoms with Gasteiger partial charge in [-0.05, 0) is 44.0 Å². The Labute approximate surface area is 186 Å². The molecule has 7 nitrogen and oxygen atoms in total. The van der Waals surface area contributed by atoms with E-state index in [2.05, 4.69) is 19.9 Å². The SMILES string of the molecule is Cc1cc2c(-c3cnn4cc(N5CCN(CC(C)(C)O)CC5)cnc34)ccnc2cc1F. The smallest absolute Gasteiger partial charge is 0.162 e. The van der Waals surface area contributed by atoms with Crippen molar-refractivity contribution in [1.82, 2.24) is 24.5 Å². The lowest BCUT2D eigenvalue weighted by atomic mass is 10.0. The van der Waals surface area contributed by atoms with Crippen LogP contribution >= 0.6 is 0 Å². The lowest BCUT2D eigenvalue weighted by Crippen LogP contribution is -2.50. The molecule has 1 aliphatic rings. The van der Waals surface area contributed by atoms with Gasteiger partial charge in [0.05, 0.1) is 35.4 Å². The maximum absolute atomic E-state index is 14.0. The fourth-order valence-electron chi connectivity index (χ4n) is 4.44. The van der Waals surface area contributed by atoms with Crippen LogP contribution in [0.5, 0.6) is 0 Å². The molecule has 0 bridgehead atoms. The Morgan fingerprint density at radius 1 is 1.06 bits per heavy atom. The van der Waals surface area contributed by atoms with Crippen LogP contribution in [0.15, 0.2) is 43.0 Å². The normalized spacial score (nSPS) is 15.7. The molecule has 1 fully saturated rings. The first-order valence-corrected chi connectivity index (χ1v) is 10.9. The summed E-state index contributed by atoms with van der Waals surface area (Å²) in [6.07, 6.45) is 7.39. The molecule has 0 aliphatic carbocycles. The fraction of sp³-hybridized carbons (Fsp3) is 0.375. The molecule has 4 heterocycles. The molecule has 0 unspecified atom stereocenters. The van der Waals surface area contributed by atoms with E-state index >= 15 is 0 Å². The van der Waals surface area contributed by atoms with Crippen LogP contribution in [0.3, 0.4) is 0 Å². The van der Waals surface area contributed by atoms with E-state index in [0.29, 0.717) is 17.6 Å². The highest BCUT2D eigenvalue weighted by Crippen LogP contribution is 2.31. The molecule has 4 aromatic rings. The van der Waals surface area contributed by atoms with Crippen molar-refractivity contribution in [3.8, 4) is 11.1 Å². The van der Waals surface area contributed by atoms with Crippen molar-refractivity contribution in [2.75, 3.05) is 37.6 Å². The Balaban J connectivity index is 1.43. The molecule has 5 rings (SSSR count). The lowest BCUT2D eigenvalue weighted by molar-refractivity contribution is 0.0345. The summed E-state index contributed by atoms with van der Waals surface area (Å²) < 4.78 is 15.8. The molecule has 0 spiro atoms. The van der Waals surface area contributed by atoms with Gasteiger partial charge in [-0.2, -0.15) is 5.10 Å². The van der Waals surface area contributed by atoms with E-state index in [1.165, 1.54) is 6.07 Å². The van der Waals surface area contributed by atoms with Gasteiger partial charge < -0.3 is 10.0 Å². The van der Waals surface area contributed by atoms with Gasteiger partial charge in [0.2, 0.25) is 0 Å². The highest BCUT2D eigenvalue weighted by atomic mass is 19.1. The Morgan fingerprint density at radius 3 is 2.59 bits per heavy atom. The number of piperazine rings is 1. The van der Waals surface area contributed by atoms with Crippen molar-refractivity contribution >= 4 is 22.2 Å². The van der Waals surface area contributed by atoms with E-state index in [1.54, 1.807) is 23.8 Å². The number of pyridine rings is 1. The number of hydrogen-bond acceptors (Lipinski definition) is 6. The van der Waals surface area contributed by atoms with Crippen LogP contribution in [-0.2, 0) is 0 Å². The molecule has 3 aromatic heterocycles. The number of nitrogens with zero attached hydrogens (tertiary/aromatic N) is 6. The van der Waals surface area contributed by atoms with E-state index in [4.69, 9.17) is 4.98 Å². The number of β-amino-alcohol motifs (C(OH)–C–C–N with tert-alkyl or cyclic N) is 1. The quantitative estimate of drug-likeness (QED) is 0.532. The zero-order chi connectivity index (χ0) is 22.5. The third-order valence-electron chi connectivity index (χ3n) is 6.00. The minimum atomic E-state index is -0.685. The van der Waals surface area contributed by atoms with Crippen molar-refractivity contribution in [3.05, 3.63) is 54.4 Å². The minimum Gasteiger partial charge on any atom is -0.389 e. The van der Waals surface area contributed by atoms with Crippen molar-refractivity contribution in [2.45, 2.75) is 26.4 Å². The molecule has 1 saturated heterocycles. The minimum absolute atomic E-state index is 0.257. The molecule has 0 saturated carbocycles. The van der Waals surface area contributed by atoms with Gasteiger partial charge in [0.25, 0.3) is 0 Å². The van der Waals surface area contributed by atoms with Gasteiger partial charge >= 0.3 is 0 Å². The van der Waals surface area contributed by atoms with E-state index in [0.717, 1.165) is 54.0 Å². The van der Waals surface area contributed by atoms with Gasteiger partial charge in [0.1, 0.15) is 5.82 Å². The second-order valence-electron chi connectivity index (χ2n) is 9.19. The highest BCUT2D eigenvalue weighted by Gasteiger charge is 2.23. The molecular weight excluding hydrogens is 407 g/mol. The van der Waals surface area contributed by atoms with Gasteiger partial charge in [0, 0.05) is 55.9 Å². The summed E-state index contributed by atoms with van der Waals surface area (Å²) in [5, 5.41) is 15.5. The number of hydrogen-bond donors (Lipinski definition) is 1. The Kier molecular flexibility index (Phi) is 5.06. The standard InChI is InChI=1S/C24H27FN6O/c1-16-10-19-18(4-5-26-22(19)11-21(16)25)20-13-28-31-14-17(12-27-23(20)31)30-8-6-29(7-9-30)15-24(2,3)32/h4-5,10-14,32H,6-9,15H2,1-3H3. The number of anilines is 1. The predicted octanol–water partition coefficient (Wildman–Crippen LogP) is 3.28. The summed E-state index contributed by atoms with van der Waals surface area (Å²) in [6.45, 7) is 9.65. The van der Waals surface area contributed by atoms with Gasteiger partial charge in [-0.25, -0.2) is 13.9 Å². The third-order valence-corrected chi connectivity index (χ3v) is 6.00. The van der Waals surface area contributed by atoms with Crippen LogP contribution in [0, 0.1) is 12.7 Å². The average Bonchev–Trinajstić information content (AvgIpc) is 3.17. The van der Waals surface area contributed by atoms with Crippen LogP contribution in [0.4, 0.5) is 10.1 Å². The number of aromatic nitrogens is 4. The number of aliphatic hydroxyl groups is 1. The maximum atomic E-state index is 14.0. The largest absolute Gasteiger partial charge is 0.389 e. The Hall–Kier alpha value is -3.10. The number of aryl methyl sites for hydroxylation is 1. The Morgan fingerprint density at radius 2 is 1.84 bits per heavy atom. The summed E-state index contributed by atoms with van der Waals surface area (Å²) >= 11 is 0. The zero-order valence-corrected chi connectivity index (χ0v) is 18.6. The monoisotopic (exact) mass is 434 g/mol. The van der Waals surface area contributed by atoms with Gasteiger partial charge in [-0.1, -0.05) is 0 Å². The molecule has 0 atom stereocenters. The summed E-state index contributed by atoms with van der Waals surface area (Å²) in [6, 6.07) is 5.23. The number of halogens is 1. The van der Waals surface area contributed by atoms with Crippen LogP contribution in [-0.4, -0.2) is 67.9 Å². The molecule has 166 valence electrons. The van der Waals surface area contributed by atoms with E-state index in [9.17, 15) is 9.50 Å². The first-order valence-electron chi connectivity index (χ1n) is 10.9. The van der Waals surface area contributed by atoms with Gasteiger partial charge in [-0.15, -0.1) is 0 Å². The number of rotatable bonds is 4. The molecule has 8 heteroatoms. The fourth-order valence-corrected chi connectivity index (χ4v) is 4.44. The predicted molar refractivity (Wildman–Crippen MR) is 123 cm³/mol. The summed E-state index contributed by atoms with van der Waals surface area (Å²) in [5.41, 5.74) is 4.12. The van der Waals surface area contributed by atoms with Crippen molar-refractivity contribution in [3.63, 3.8) is 0 Å². The van der Waals surface area contributed by atoms with Crippen LogP contribution < -0.4 is 4.90 Å². The van der Waals surface area contributed by atoms with Crippen molar-refractivity contribution < 1.29 is 9.50 Å². The molecule has 0 amide bonds. The summed E-state index contributed by atoms with van der Waals surface area (Å²) in [5.74, 6) is -0.257. The van der Waals surface area contributed by atoms with E-state index in [-0.39, 0.29) is 5.82 Å². The van der Waals surface area contributed by atoms with Crippen LogP contribution in [0.25, 0.3) is 27.7 Å².